The van der Waals surface area contributed by atoms with Crippen LogP contribution in [0.25, 0.3) is 32.7 Å². The third-order valence-electron chi connectivity index (χ3n) is 4.57. The first-order valence-electron chi connectivity index (χ1n) is 8.13. The summed E-state index contributed by atoms with van der Waals surface area (Å²) in [6.45, 7) is 0. The summed E-state index contributed by atoms with van der Waals surface area (Å²) in [5, 5.41) is 1.93. The van der Waals surface area contributed by atoms with E-state index in [0.717, 1.165) is 12.1 Å². The van der Waals surface area contributed by atoms with E-state index in [0.29, 0.717) is 21.5 Å². The molecule has 0 fully saturated rings. The van der Waals surface area contributed by atoms with E-state index in [1.54, 1.807) is 48.5 Å². The fraction of sp³-hybridized carbons (Fsp3) is 0. The molecule has 4 rings (SSSR count). The van der Waals surface area contributed by atoms with Gasteiger partial charge in [-0.3, -0.25) is 0 Å². The number of hydrogen-bond acceptors (Lipinski definition) is 6. The largest absolute Gasteiger partial charge is 1.00 e. The summed E-state index contributed by atoms with van der Waals surface area (Å²) >= 11 is 0. The third kappa shape index (κ3) is 5.18. The Kier molecular flexibility index (Phi) is 9.08. The Hall–Kier alpha value is 0.493. The van der Waals surface area contributed by atoms with Gasteiger partial charge in [-0.15, -0.1) is 0 Å². The van der Waals surface area contributed by atoms with Gasteiger partial charge in [-0.2, -0.15) is 0 Å². The average Bonchev–Trinajstić information content (AvgIpc) is 2.64. The third-order valence-corrected chi connectivity index (χ3v) is 6.33. The Balaban J connectivity index is 0.00000160. The second kappa shape index (κ2) is 10.2. The van der Waals surface area contributed by atoms with Gasteiger partial charge < -0.3 is 9.11 Å². The zero-order valence-corrected chi connectivity index (χ0v) is 24.1. The summed E-state index contributed by atoms with van der Waals surface area (Å²) in [6.07, 6.45) is 0. The monoisotopic (exact) mass is 490 g/mol. The maximum Gasteiger partial charge on any atom is 1.00 e. The molecule has 30 heavy (non-hydrogen) atoms. The summed E-state index contributed by atoms with van der Waals surface area (Å²) in [6, 6.07) is 18.6. The van der Waals surface area contributed by atoms with Crippen molar-refractivity contribution >= 4 is 41.8 Å². The predicted molar refractivity (Wildman–Crippen MR) is 103 cm³/mol. The number of fused-ring (bicyclic) bond motifs is 2. The molecule has 0 unspecified atom stereocenters. The molecule has 0 aliphatic heterocycles. The van der Waals surface area contributed by atoms with Gasteiger partial charge in [0.05, 0.1) is 9.79 Å². The Labute approximate surface area is 259 Å². The maximum atomic E-state index is 12.0. The van der Waals surface area contributed by atoms with E-state index in [4.69, 9.17) is 0 Å². The standard InChI is InChI=1S/C20H14O6S2.2K/c21-27(22,23)17-11-9-13-5-1-3-7-15(13)19(17)20-16-8-4-2-6-14(16)10-12-18(20)28(24,25)26;;/h1-12H,(H,21,22,23)(H,24,25,26);;/q;2*+1/p-2. The Morgan fingerprint density at radius 1 is 0.500 bits per heavy atom. The van der Waals surface area contributed by atoms with Gasteiger partial charge in [-0.05, 0) is 33.7 Å². The first kappa shape index (κ1) is 26.7. The van der Waals surface area contributed by atoms with Gasteiger partial charge in [0.25, 0.3) is 0 Å². The Morgan fingerprint density at radius 3 is 1.17 bits per heavy atom. The van der Waals surface area contributed by atoms with E-state index in [9.17, 15) is 25.9 Å². The van der Waals surface area contributed by atoms with Crippen LogP contribution in [0.1, 0.15) is 0 Å². The molecule has 10 heteroatoms. The van der Waals surface area contributed by atoms with Crippen LogP contribution in [-0.4, -0.2) is 25.9 Å². The van der Waals surface area contributed by atoms with Crippen molar-refractivity contribution in [2.24, 2.45) is 0 Å². The summed E-state index contributed by atoms with van der Waals surface area (Å²) in [5.74, 6) is 0. The molecule has 0 heterocycles. The molecule has 0 atom stereocenters. The van der Waals surface area contributed by atoms with E-state index in [1.807, 2.05) is 0 Å². The molecule has 0 amide bonds. The van der Waals surface area contributed by atoms with Gasteiger partial charge in [0.1, 0.15) is 20.2 Å². The quantitative estimate of drug-likeness (QED) is 0.231. The summed E-state index contributed by atoms with van der Waals surface area (Å²) in [5.41, 5.74) is -0.168. The fourth-order valence-electron chi connectivity index (χ4n) is 3.44. The molecule has 6 nitrogen and oxygen atoms in total. The molecular formula is C20H12K2O6S2. The molecule has 4 aromatic rings. The van der Waals surface area contributed by atoms with Gasteiger partial charge in [0.2, 0.25) is 0 Å². The topological polar surface area (TPSA) is 114 Å². The van der Waals surface area contributed by atoms with Crippen molar-refractivity contribution < 1.29 is 129 Å². The van der Waals surface area contributed by atoms with E-state index >= 15 is 0 Å². The molecule has 0 spiro atoms. The average molecular weight is 491 g/mol. The Morgan fingerprint density at radius 2 is 0.833 bits per heavy atom. The van der Waals surface area contributed by atoms with Crippen molar-refractivity contribution in [3.05, 3.63) is 72.8 Å². The number of hydrogen-bond donors (Lipinski definition) is 0. The van der Waals surface area contributed by atoms with Crippen LogP contribution in [0.2, 0.25) is 0 Å². The van der Waals surface area contributed by atoms with Crippen molar-refractivity contribution in [3.63, 3.8) is 0 Å². The van der Waals surface area contributed by atoms with Crippen molar-refractivity contribution in [1.29, 1.82) is 0 Å². The molecular weight excluding hydrogens is 479 g/mol. The van der Waals surface area contributed by atoms with Crippen LogP contribution in [-0.2, 0) is 20.2 Å². The molecule has 0 radical (unpaired) electrons. The molecule has 0 saturated heterocycles. The molecule has 0 saturated carbocycles. The van der Waals surface area contributed by atoms with Crippen LogP contribution in [0, 0.1) is 0 Å². The summed E-state index contributed by atoms with van der Waals surface area (Å²) < 4.78 is 71.9. The maximum absolute atomic E-state index is 12.0. The zero-order valence-electron chi connectivity index (χ0n) is 16.2. The SMILES string of the molecule is O=S(=O)([O-])c1ccc2ccccc2c1-c1c(S(=O)(=O)[O-])ccc2ccccc12.[K+].[K+]. The smallest absolute Gasteiger partial charge is 0.744 e. The van der Waals surface area contributed by atoms with Crippen LogP contribution >= 0.6 is 0 Å². The molecule has 0 aliphatic rings. The minimum atomic E-state index is -4.95. The molecule has 0 bridgehead atoms. The van der Waals surface area contributed by atoms with Gasteiger partial charge in [-0.25, -0.2) is 16.8 Å². The normalized spacial score (nSPS) is 11.7. The van der Waals surface area contributed by atoms with E-state index in [2.05, 4.69) is 0 Å². The molecule has 0 N–H and O–H groups in total. The van der Waals surface area contributed by atoms with E-state index < -0.39 is 30.0 Å². The first-order valence-corrected chi connectivity index (χ1v) is 11.0. The second-order valence-electron chi connectivity index (χ2n) is 6.23. The fourth-order valence-corrected chi connectivity index (χ4v) is 4.83. The van der Waals surface area contributed by atoms with Crippen molar-refractivity contribution in [2.75, 3.05) is 0 Å². The van der Waals surface area contributed by atoms with Crippen LogP contribution in [0.3, 0.4) is 0 Å². The minimum absolute atomic E-state index is 0. The zero-order chi connectivity index (χ0) is 20.1. The molecule has 142 valence electrons. The molecule has 0 aromatic heterocycles. The van der Waals surface area contributed by atoms with Crippen LogP contribution in [0.15, 0.2) is 82.6 Å². The minimum Gasteiger partial charge on any atom is -0.744 e. The first-order chi connectivity index (χ1) is 13.2. The van der Waals surface area contributed by atoms with E-state index in [-0.39, 0.29) is 114 Å². The van der Waals surface area contributed by atoms with Gasteiger partial charge >= 0.3 is 103 Å². The van der Waals surface area contributed by atoms with Gasteiger partial charge in [0.15, 0.2) is 0 Å². The van der Waals surface area contributed by atoms with Crippen molar-refractivity contribution in [2.45, 2.75) is 9.79 Å². The van der Waals surface area contributed by atoms with Crippen molar-refractivity contribution in [3.8, 4) is 11.1 Å². The van der Waals surface area contributed by atoms with Crippen LogP contribution in [0.4, 0.5) is 0 Å². The van der Waals surface area contributed by atoms with Gasteiger partial charge in [-0.1, -0.05) is 60.7 Å². The van der Waals surface area contributed by atoms with E-state index in [1.165, 1.54) is 12.1 Å². The Bertz CT molecular complexity index is 1350. The van der Waals surface area contributed by atoms with Crippen molar-refractivity contribution in [1.82, 2.24) is 0 Å². The molecule has 4 aromatic carbocycles. The summed E-state index contributed by atoms with van der Waals surface area (Å²) in [7, 11) is -9.90. The predicted octanol–water partition coefficient (Wildman–Crippen LogP) is -2.52. The molecule has 0 aliphatic carbocycles. The number of rotatable bonds is 3. The summed E-state index contributed by atoms with van der Waals surface area (Å²) in [4.78, 5) is -1.15. The second-order valence-corrected chi connectivity index (χ2v) is 8.92. The van der Waals surface area contributed by atoms with Crippen LogP contribution < -0.4 is 103 Å². The van der Waals surface area contributed by atoms with Gasteiger partial charge in [0, 0.05) is 11.1 Å². The number of benzene rings is 4. The van der Waals surface area contributed by atoms with Crippen LogP contribution in [0.5, 0.6) is 0 Å².